The molecule has 4 rings (SSSR count). The summed E-state index contributed by atoms with van der Waals surface area (Å²) in [6, 6.07) is 15.4. The third-order valence-electron chi connectivity index (χ3n) is 5.68. The fourth-order valence-electron chi connectivity index (χ4n) is 4.32. The molecule has 1 aromatic heterocycles. The smallest absolute Gasteiger partial charge is 0.255 e. The molecule has 0 saturated heterocycles. The highest BCUT2D eigenvalue weighted by Crippen LogP contribution is 2.42. The van der Waals surface area contributed by atoms with Crippen molar-refractivity contribution in [3.8, 4) is 0 Å². The van der Waals surface area contributed by atoms with Crippen LogP contribution in [-0.4, -0.2) is 47.5 Å². The number of carbonyl (C=O) groups is 2. The predicted octanol–water partition coefficient (Wildman–Crippen LogP) is 3.95. The Morgan fingerprint density at radius 3 is 2.71 bits per heavy atom. The van der Waals surface area contributed by atoms with E-state index in [0.717, 1.165) is 34.1 Å². The van der Waals surface area contributed by atoms with Gasteiger partial charge >= 0.3 is 0 Å². The molecule has 31 heavy (non-hydrogen) atoms. The van der Waals surface area contributed by atoms with Gasteiger partial charge in [0.2, 0.25) is 5.91 Å². The molecule has 6 nitrogen and oxygen atoms in total. The van der Waals surface area contributed by atoms with Crippen molar-refractivity contribution in [2.45, 2.75) is 39.3 Å². The number of nitrogens with zero attached hydrogens (tertiary/aromatic N) is 1. The number of benzene rings is 2. The number of para-hydroxylation sites is 1. The summed E-state index contributed by atoms with van der Waals surface area (Å²) in [5.41, 5.74) is 4.69. The van der Waals surface area contributed by atoms with Crippen molar-refractivity contribution in [2.75, 3.05) is 19.7 Å². The molecule has 162 valence electrons. The van der Waals surface area contributed by atoms with Crippen LogP contribution in [0.3, 0.4) is 0 Å². The Kier molecular flexibility index (Phi) is 6.09. The lowest BCUT2D eigenvalue weighted by Gasteiger charge is -2.25. The zero-order valence-electron chi connectivity index (χ0n) is 18.3. The Labute approximate surface area is 182 Å². The number of amides is 2. The van der Waals surface area contributed by atoms with Crippen LogP contribution in [0.25, 0.3) is 10.9 Å². The van der Waals surface area contributed by atoms with Gasteiger partial charge in [0.15, 0.2) is 0 Å². The Morgan fingerprint density at radius 2 is 1.90 bits per heavy atom. The number of rotatable bonds is 8. The number of nitrogens with one attached hydrogen (secondary N) is 2. The molecule has 2 amide bonds. The summed E-state index contributed by atoms with van der Waals surface area (Å²) in [5, 5.41) is 4.00. The highest BCUT2D eigenvalue weighted by Gasteiger charge is 2.40. The van der Waals surface area contributed by atoms with Gasteiger partial charge in [-0.3, -0.25) is 9.59 Å². The molecule has 0 bridgehead atoms. The summed E-state index contributed by atoms with van der Waals surface area (Å²) in [4.78, 5) is 31.1. The van der Waals surface area contributed by atoms with E-state index in [1.165, 1.54) is 0 Å². The maximum atomic E-state index is 13.3. The molecule has 0 spiro atoms. The molecule has 0 aliphatic carbocycles. The standard InChI is InChI=1S/C25H29N3O3/c1-16(2)31-14-8-13-26-22(29)15-28-24(18-9-4-5-10-19(18)25(28)30)23-17(3)27-21-12-7-6-11-20(21)23/h4-7,9-12,16,24,27H,8,13-15H2,1-3H3,(H,26,29). The van der Waals surface area contributed by atoms with Crippen LogP contribution >= 0.6 is 0 Å². The zero-order chi connectivity index (χ0) is 22.0. The Hall–Kier alpha value is -3.12. The van der Waals surface area contributed by atoms with Gasteiger partial charge in [0.05, 0.1) is 12.1 Å². The minimum Gasteiger partial charge on any atom is -0.379 e. The average Bonchev–Trinajstić information content (AvgIpc) is 3.21. The van der Waals surface area contributed by atoms with E-state index in [4.69, 9.17) is 4.74 Å². The number of carbonyl (C=O) groups excluding carboxylic acids is 2. The van der Waals surface area contributed by atoms with E-state index in [2.05, 4.69) is 16.4 Å². The van der Waals surface area contributed by atoms with Gasteiger partial charge in [0, 0.05) is 40.9 Å². The summed E-state index contributed by atoms with van der Waals surface area (Å²) in [6.07, 6.45) is 0.917. The topological polar surface area (TPSA) is 74.4 Å². The van der Waals surface area contributed by atoms with Crippen LogP contribution in [0.1, 0.15) is 53.5 Å². The largest absolute Gasteiger partial charge is 0.379 e. The molecule has 0 fully saturated rings. The van der Waals surface area contributed by atoms with Gasteiger partial charge in [0.1, 0.15) is 6.54 Å². The van der Waals surface area contributed by atoms with E-state index in [9.17, 15) is 9.59 Å². The number of hydrogen-bond acceptors (Lipinski definition) is 3. The van der Waals surface area contributed by atoms with Crippen molar-refractivity contribution in [3.05, 3.63) is 70.9 Å². The van der Waals surface area contributed by atoms with Gasteiger partial charge in [-0.1, -0.05) is 36.4 Å². The first-order valence-corrected chi connectivity index (χ1v) is 10.8. The van der Waals surface area contributed by atoms with E-state index in [1.807, 2.05) is 63.2 Å². The van der Waals surface area contributed by atoms with Gasteiger partial charge in [-0.25, -0.2) is 0 Å². The van der Waals surface area contributed by atoms with Gasteiger partial charge in [0.25, 0.3) is 5.91 Å². The van der Waals surface area contributed by atoms with Crippen LogP contribution in [0.2, 0.25) is 0 Å². The molecule has 1 aliphatic rings. The van der Waals surface area contributed by atoms with Crippen LogP contribution < -0.4 is 5.32 Å². The first kappa shape index (κ1) is 21.1. The molecule has 0 radical (unpaired) electrons. The quantitative estimate of drug-likeness (QED) is 0.543. The van der Waals surface area contributed by atoms with E-state index >= 15 is 0 Å². The number of H-pyrrole nitrogens is 1. The molecular weight excluding hydrogens is 390 g/mol. The summed E-state index contributed by atoms with van der Waals surface area (Å²) >= 11 is 0. The van der Waals surface area contributed by atoms with E-state index in [1.54, 1.807) is 4.90 Å². The molecule has 2 N–H and O–H groups in total. The normalized spacial score (nSPS) is 15.7. The molecule has 1 aliphatic heterocycles. The molecule has 1 atom stereocenters. The van der Waals surface area contributed by atoms with Crippen molar-refractivity contribution in [1.29, 1.82) is 0 Å². The summed E-state index contributed by atoms with van der Waals surface area (Å²) in [6.45, 7) is 7.14. The van der Waals surface area contributed by atoms with Crippen molar-refractivity contribution >= 4 is 22.7 Å². The SMILES string of the molecule is Cc1[nH]c2ccccc2c1C1c2ccccc2C(=O)N1CC(=O)NCCCOC(C)C. The maximum absolute atomic E-state index is 13.3. The van der Waals surface area contributed by atoms with Crippen molar-refractivity contribution < 1.29 is 14.3 Å². The molecule has 1 unspecified atom stereocenters. The van der Waals surface area contributed by atoms with Crippen LogP contribution in [0.15, 0.2) is 48.5 Å². The molecule has 0 saturated carbocycles. The third kappa shape index (κ3) is 4.21. The predicted molar refractivity (Wildman–Crippen MR) is 121 cm³/mol. The van der Waals surface area contributed by atoms with E-state index < -0.39 is 0 Å². The minimum atomic E-state index is -0.296. The fraction of sp³-hybridized carbons (Fsp3) is 0.360. The lowest BCUT2D eigenvalue weighted by Crippen LogP contribution is -2.40. The average molecular weight is 420 g/mol. The summed E-state index contributed by atoms with van der Waals surface area (Å²) in [7, 11) is 0. The van der Waals surface area contributed by atoms with E-state index in [-0.39, 0.29) is 30.5 Å². The maximum Gasteiger partial charge on any atom is 0.255 e. The number of fused-ring (bicyclic) bond motifs is 2. The lowest BCUT2D eigenvalue weighted by atomic mass is 9.95. The van der Waals surface area contributed by atoms with Gasteiger partial charge in [-0.2, -0.15) is 0 Å². The lowest BCUT2D eigenvalue weighted by molar-refractivity contribution is -0.122. The van der Waals surface area contributed by atoms with Crippen molar-refractivity contribution in [2.24, 2.45) is 0 Å². The minimum absolute atomic E-state index is 0.0160. The molecular formula is C25H29N3O3. The summed E-state index contributed by atoms with van der Waals surface area (Å²) < 4.78 is 5.52. The van der Waals surface area contributed by atoms with Crippen LogP contribution in [0.5, 0.6) is 0 Å². The van der Waals surface area contributed by atoms with Crippen LogP contribution in [0, 0.1) is 6.92 Å². The fourth-order valence-corrected chi connectivity index (χ4v) is 4.32. The van der Waals surface area contributed by atoms with Gasteiger partial charge < -0.3 is 19.9 Å². The molecule has 2 heterocycles. The highest BCUT2D eigenvalue weighted by molar-refractivity contribution is 6.02. The molecule has 3 aromatic rings. The highest BCUT2D eigenvalue weighted by atomic mass is 16.5. The molecule has 2 aromatic carbocycles. The Bertz CT molecular complexity index is 1100. The van der Waals surface area contributed by atoms with Gasteiger partial charge in [-0.15, -0.1) is 0 Å². The summed E-state index contributed by atoms with van der Waals surface area (Å²) in [5.74, 6) is -0.267. The zero-order valence-corrected chi connectivity index (χ0v) is 18.3. The van der Waals surface area contributed by atoms with Crippen LogP contribution in [0.4, 0.5) is 0 Å². The Balaban J connectivity index is 1.59. The number of ether oxygens (including phenoxy) is 1. The number of aromatic nitrogens is 1. The second-order valence-electron chi connectivity index (χ2n) is 8.26. The van der Waals surface area contributed by atoms with E-state index in [0.29, 0.717) is 18.7 Å². The van der Waals surface area contributed by atoms with Crippen molar-refractivity contribution in [1.82, 2.24) is 15.2 Å². The number of aryl methyl sites for hydroxylation is 1. The second-order valence-corrected chi connectivity index (χ2v) is 8.26. The first-order valence-electron chi connectivity index (χ1n) is 10.8. The Morgan fingerprint density at radius 1 is 1.16 bits per heavy atom. The van der Waals surface area contributed by atoms with Gasteiger partial charge in [-0.05, 0) is 44.9 Å². The van der Waals surface area contributed by atoms with Crippen molar-refractivity contribution in [3.63, 3.8) is 0 Å². The number of aromatic amines is 1. The molecule has 6 heteroatoms. The van der Waals surface area contributed by atoms with Crippen LogP contribution in [-0.2, 0) is 9.53 Å². The number of hydrogen-bond donors (Lipinski definition) is 2. The third-order valence-corrected chi connectivity index (χ3v) is 5.68. The second kappa shape index (κ2) is 8.94. The monoisotopic (exact) mass is 419 g/mol. The first-order chi connectivity index (χ1) is 15.0.